The van der Waals surface area contributed by atoms with Crippen molar-refractivity contribution in [3.05, 3.63) is 77.8 Å². The van der Waals surface area contributed by atoms with Crippen LogP contribution in [-0.4, -0.2) is 35.1 Å². The Labute approximate surface area is 202 Å². The summed E-state index contributed by atoms with van der Waals surface area (Å²) in [6.45, 7) is 4.81. The van der Waals surface area contributed by atoms with Gasteiger partial charge in [-0.05, 0) is 55.8 Å². The number of thiazole rings is 1. The average molecular weight is 472 g/mol. The van der Waals surface area contributed by atoms with Crippen LogP contribution in [0.1, 0.15) is 18.9 Å². The smallest absolute Gasteiger partial charge is 0.268 e. The van der Waals surface area contributed by atoms with Crippen LogP contribution in [0.25, 0.3) is 22.0 Å². The fraction of sp³-hybridized carbons (Fsp3) is 0.222. The molecule has 0 bridgehead atoms. The van der Waals surface area contributed by atoms with Gasteiger partial charge in [-0.15, -0.1) is 11.3 Å². The van der Waals surface area contributed by atoms with E-state index in [-0.39, 0.29) is 5.91 Å². The van der Waals surface area contributed by atoms with Crippen molar-refractivity contribution in [2.24, 2.45) is 0 Å². The summed E-state index contributed by atoms with van der Waals surface area (Å²) in [7, 11) is 0. The van der Waals surface area contributed by atoms with Gasteiger partial charge in [0.1, 0.15) is 23.1 Å². The van der Waals surface area contributed by atoms with Gasteiger partial charge in [0.25, 0.3) is 5.91 Å². The minimum Gasteiger partial charge on any atom is -0.492 e. The lowest BCUT2D eigenvalue weighted by Gasteiger charge is -2.34. The number of nitrogens with zero attached hydrogens (tertiary/aromatic N) is 3. The zero-order valence-electron chi connectivity index (χ0n) is 19.1. The average Bonchev–Trinajstić information content (AvgIpc) is 3.37. The first kappa shape index (κ1) is 22.1. The highest BCUT2D eigenvalue weighted by atomic mass is 32.1. The van der Waals surface area contributed by atoms with E-state index in [4.69, 9.17) is 14.5 Å². The summed E-state index contributed by atoms with van der Waals surface area (Å²) in [5.41, 5.74) is 4.53. The summed E-state index contributed by atoms with van der Waals surface area (Å²) in [6, 6.07) is 19.6. The SMILES string of the molecule is CCC1Oc2ccc(-c3csc(-c4ccccn4)n3)cc2N(CCOc2ccc(C)cc2)C1=O. The number of fused-ring (bicyclic) bond motifs is 1. The van der Waals surface area contributed by atoms with Crippen molar-refractivity contribution in [3.8, 4) is 33.5 Å². The third kappa shape index (κ3) is 4.52. The van der Waals surface area contributed by atoms with Crippen molar-refractivity contribution in [2.45, 2.75) is 26.4 Å². The van der Waals surface area contributed by atoms with E-state index < -0.39 is 6.10 Å². The predicted molar refractivity (Wildman–Crippen MR) is 135 cm³/mol. The van der Waals surface area contributed by atoms with Crippen LogP contribution >= 0.6 is 11.3 Å². The van der Waals surface area contributed by atoms with E-state index in [1.165, 1.54) is 5.56 Å². The number of carbonyl (C=O) groups excluding carboxylic acids is 1. The highest BCUT2D eigenvalue weighted by molar-refractivity contribution is 7.13. The van der Waals surface area contributed by atoms with Crippen LogP contribution in [0.3, 0.4) is 0 Å². The number of amides is 1. The van der Waals surface area contributed by atoms with Crippen molar-refractivity contribution in [1.29, 1.82) is 0 Å². The Kier molecular flexibility index (Phi) is 6.27. The zero-order valence-corrected chi connectivity index (χ0v) is 19.9. The van der Waals surface area contributed by atoms with Gasteiger partial charge < -0.3 is 14.4 Å². The second-order valence-electron chi connectivity index (χ2n) is 8.10. The zero-order chi connectivity index (χ0) is 23.5. The molecule has 34 heavy (non-hydrogen) atoms. The summed E-state index contributed by atoms with van der Waals surface area (Å²) in [5.74, 6) is 1.44. The standard InChI is InChI=1S/C27H25N3O3S/c1-3-24-27(31)30(14-15-32-20-10-7-18(2)8-11-20)23-16-19(9-12-25(23)33-24)22-17-34-26(29-22)21-6-4-5-13-28-21/h4-13,16-17,24H,3,14-15H2,1-2H3. The van der Waals surface area contributed by atoms with Crippen molar-refractivity contribution in [2.75, 3.05) is 18.1 Å². The Morgan fingerprint density at radius 1 is 1.09 bits per heavy atom. The molecule has 0 spiro atoms. The van der Waals surface area contributed by atoms with Gasteiger partial charge in [-0.2, -0.15) is 0 Å². The monoisotopic (exact) mass is 471 g/mol. The van der Waals surface area contributed by atoms with Crippen LogP contribution in [0.15, 0.2) is 72.2 Å². The molecule has 4 aromatic rings. The molecule has 1 aliphatic heterocycles. The number of aromatic nitrogens is 2. The van der Waals surface area contributed by atoms with Crippen LogP contribution in [0, 0.1) is 6.92 Å². The maximum Gasteiger partial charge on any atom is 0.268 e. The molecule has 0 saturated carbocycles. The van der Waals surface area contributed by atoms with Gasteiger partial charge in [0.2, 0.25) is 0 Å². The van der Waals surface area contributed by atoms with Gasteiger partial charge in [0.15, 0.2) is 6.10 Å². The van der Waals surface area contributed by atoms with Crippen molar-refractivity contribution >= 4 is 22.9 Å². The molecular weight excluding hydrogens is 446 g/mol. The van der Waals surface area contributed by atoms with Gasteiger partial charge in [-0.3, -0.25) is 9.78 Å². The first-order valence-electron chi connectivity index (χ1n) is 11.3. The predicted octanol–water partition coefficient (Wildman–Crippen LogP) is 5.76. The minimum atomic E-state index is -0.493. The molecule has 0 aliphatic carbocycles. The third-order valence-electron chi connectivity index (χ3n) is 5.72. The molecule has 6 nitrogen and oxygen atoms in total. The number of hydrogen-bond donors (Lipinski definition) is 0. The van der Waals surface area contributed by atoms with E-state index in [2.05, 4.69) is 4.98 Å². The van der Waals surface area contributed by atoms with Gasteiger partial charge in [0.05, 0.1) is 23.6 Å². The molecule has 0 saturated heterocycles. The lowest BCUT2D eigenvalue weighted by Crippen LogP contribution is -2.47. The molecule has 3 heterocycles. The normalized spacial score (nSPS) is 15.1. The Bertz CT molecular complexity index is 1290. The summed E-state index contributed by atoms with van der Waals surface area (Å²) in [6.07, 6.45) is 1.88. The molecule has 1 atom stereocenters. The molecule has 2 aromatic heterocycles. The highest BCUT2D eigenvalue weighted by Crippen LogP contribution is 2.39. The number of benzene rings is 2. The molecule has 1 aliphatic rings. The Balaban J connectivity index is 1.40. The van der Waals surface area contributed by atoms with Crippen LogP contribution < -0.4 is 14.4 Å². The number of pyridine rings is 1. The van der Waals surface area contributed by atoms with Crippen molar-refractivity contribution in [1.82, 2.24) is 9.97 Å². The maximum absolute atomic E-state index is 13.2. The minimum absolute atomic E-state index is 0.0490. The molecule has 2 aromatic carbocycles. The molecular formula is C27H25N3O3S. The number of carbonyl (C=O) groups is 1. The highest BCUT2D eigenvalue weighted by Gasteiger charge is 2.33. The fourth-order valence-corrected chi connectivity index (χ4v) is 4.68. The van der Waals surface area contributed by atoms with Crippen molar-refractivity contribution < 1.29 is 14.3 Å². The van der Waals surface area contributed by atoms with E-state index in [0.29, 0.717) is 25.3 Å². The largest absolute Gasteiger partial charge is 0.492 e. The summed E-state index contributed by atoms with van der Waals surface area (Å²) >= 11 is 1.55. The van der Waals surface area contributed by atoms with Crippen LogP contribution in [0.2, 0.25) is 0 Å². The van der Waals surface area contributed by atoms with E-state index >= 15 is 0 Å². The first-order chi connectivity index (χ1) is 16.6. The van der Waals surface area contributed by atoms with Gasteiger partial charge in [-0.1, -0.05) is 30.7 Å². The third-order valence-corrected chi connectivity index (χ3v) is 6.58. The molecule has 172 valence electrons. The van der Waals surface area contributed by atoms with Crippen LogP contribution in [0.4, 0.5) is 5.69 Å². The second kappa shape index (κ2) is 9.65. The van der Waals surface area contributed by atoms with Crippen LogP contribution in [0.5, 0.6) is 11.5 Å². The van der Waals surface area contributed by atoms with Gasteiger partial charge in [0, 0.05) is 17.1 Å². The topological polar surface area (TPSA) is 64.6 Å². The van der Waals surface area contributed by atoms with Gasteiger partial charge in [-0.25, -0.2) is 4.98 Å². The molecule has 0 radical (unpaired) electrons. The molecule has 5 rings (SSSR count). The Morgan fingerprint density at radius 2 is 1.94 bits per heavy atom. The molecule has 1 unspecified atom stereocenters. The molecule has 0 N–H and O–H groups in total. The number of aryl methyl sites for hydroxylation is 1. The lowest BCUT2D eigenvalue weighted by molar-refractivity contribution is -0.126. The van der Waals surface area contributed by atoms with E-state index in [1.807, 2.05) is 79.9 Å². The van der Waals surface area contributed by atoms with E-state index in [1.54, 1.807) is 22.4 Å². The molecule has 1 amide bonds. The quantitative estimate of drug-likeness (QED) is 0.343. The van der Waals surface area contributed by atoms with E-state index in [9.17, 15) is 4.79 Å². The Morgan fingerprint density at radius 3 is 2.71 bits per heavy atom. The fourth-order valence-electron chi connectivity index (χ4n) is 3.87. The number of rotatable bonds is 7. The second-order valence-corrected chi connectivity index (χ2v) is 8.96. The number of ether oxygens (including phenoxy) is 2. The maximum atomic E-state index is 13.2. The summed E-state index contributed by atoms with van der Waals surface area (Å²) in [4.78, 5) is 24.1. The van der Waals surface area contributed by atoms with Gasteiger partial charge >= 0.3 is 0 Å². The molecule has 7 heteroatoms. The van der Waals surface area contributed by atoms with E-state index in [0.717, 1.165) is 33.4 Å². The number of anilines is 1. The Hall–Kier alpha value is -3.71. The summed E-state index contributed by atoms with van der Waals surface area (Å²) < 4.78 is 11.9. The van der Waals surface area contributed by atoms with Crippen LogP contribution in [-0.2, 0) is 4.79 Å². The molecule has 0 fully saturated rings. The first-order valence-corrected chi connectivity index (χ1v) is 12.2. The summed E-state index contributed by atoms with van der Waals surface area (Å²) in [5, 5.41) is 2.87. The van der Waals surface area contributed by atoms with Crippen molar-refractivity contribution in [3.63, 3.8) is 0 Å². The number of hydrogen-bond acceptors (Lipinski definition) is 6. The lowest BCUT2D eigenvalue weighted by atomic mass is 10.1.